The molecule has 2 aliphatic carbocycles. The Kier molecular flexibility index (Phi) is 6.06. The fourth-order valence-electron chi connectivity index (χ4n) is 9.77. The van der Waals surface area contributed by atoms with Crippen LogP contribution in [0.4, 0.5) is 0 Å². The predicted octanol–water partition coefficient (Wildman–Crippen LogP) is 14.7. The summed E-state index contributed by atoms with van der Waals surface area (Å²) in [6, 6.07) is 61.2. The van der Waals surface area contributed by atoms with Gasteiger partial charge in [-0.1, -0.05) is 153 Å². The van der Waals surface area contributed by atoms with Crippen molar-refractivity contribution in [1.82, 2.24) is 4.98 Å². The van der Waals surface area contributed by atoms with Crippen molar-refractivity contribution in [3.8, 4) is 66.2 Å². The average molecular weight is 704 g/mol. The molecule has 2 aliphatic rings. The number of hydrogen-bond donors (Lipinski definition) is 0. The third-order valence-electron chi connectivity index (χ3n) is 12.3. The largest absolute Gasteiger partial charge is 0.236 e. The minimum Gasteiger partial charge on any atom is -0.236 e. The van der Waals surface area contributed by atoms with E-state index < -0.39 is 0 Å². The van der Waals surface area contributed by atoms with Gasteiger partial charge < -0.3 is 0 Å². The van der Waals surface area contributed by atoms with Gasteiger partial charge in [0.25, 0.3) is 0 Å². The van der Waals surface area contributed by atoms with Crippen molar-refractivity contribution in [1.29, 1.82) is 0 Å². The molecule has 2 heteroatoms. The van der Waals surface area contributed by atoms with E-state index in [1.807, 2.05) is 0 Å². The zero-order chi connectivity index (χ0) is 35.7. The molecule has 1 heterocycles. The molecule has 1 aromatic heterocycles. The van der Waals surface area contributed by atoms with Crippen LogP contribution in [0, 0.1) is 0 Å². The van der Waals surface area contributed by atoms with Crippen molar-refractivity contribution in [3.63, 3.8) is 0 Å². The Hall–Kier alpha value is -6.35. The van der Waals surface area contributed by atoms with E-state index >= 15 is 0 Å². The number of para-hydroxylation sites is 1. The number of benzene rings is 9. The van der Waals surface area contributed by atoms with Gasteiger partial charge in [0.05, 0.1) is 10.2 Å². The number of thiazole rings is 1. The van der Waals surface area contributed by atoms with E-state index in [-0.39, 0.29) is 5.41 Å². The second kappa shape index (κ2) is 10.9. The average Bonchev–Trinajstić information content (AvgIpc) is 3.86. The van der Waals surface area contributed by atoms with Crippen LogP contribution < -0.4 is 0 Å². The Morgan fingerprint density at radius 2 is 1.00 bits per heavy atom. The maximum absolute atomic E-state index is 4.98. The molecular formula is C52H33NS. The second-order valence-corrected chi connectivity index (χ2v) is 16.4. The molecule has 0 saturated heterocycles. The van der Waals surface area contributed by atoms with Crippen molar-refractivity contribution in [2.45, 2.75) is 19.3 Å². The lowest BCUT2D eigenvalue weighted by Crippen LogP contribution is -2.14. The van der Waals surface area contributed by atoms with Crippen molar-refractivity contribution in [2.24, 2.45) is 0 Å². The van der Waals surface area contributed by atoms with Gasteiger partial charge in [0.15, 0.2) is 0 Å². The zero-order valence-electron chi connectivity index (χ0n) is 29.9. The van der Waals surface area contributed by atoms with E-state index in [0.29, 0.717) is 0 Å². The Bertz CT molecular complexity index is 3170. The first kappa shape index (κ1) is 30.1. The molecule has 0 saturated carbocycles. The summed E-state index contributed by atoms with van der Waals surface area (Å²) in [4.78, 5) is 4.98. The normalized spacial score (nSPS) is 13.5. The van der Waals surface area contributed by atoms with Gasteiger partial charge in [0.2, 0.25) is 0 Å². The van der Waals surface area contributed by atoms with Crippen LogP contribution in [0.1, 0.15) is 25.0 Å². The van der Waals surface area contributed by atoms with Crippen molar-refractivity contribution >= 4 is 53.9 Å². The van der Waals surface area contributed by atoms with Crippen LogP contribution in [0.15, 0.2) is 164 Å². The Labute approximate surface area is 317 Å². The Morgan fingerprint density at radius 3 is 1.80 bits per heavy atom. The van der Waals surface area contributed by atoms with E-state index in [2.05, 4.69) is 178 Å². The summed E-state index contributed by atoms with van der Waals surface area (Å²) in [6.45, 7) is 4.78. The van der Waals surface area contributed by atoms with E-state index in [9.17, 15) is 0 Å². The highest BCUT2D eigenvalue weighted by molar-refractivity contribution is 7.21. The Morgan fingerprint density at radius 1 is 0.407 bits per heavy atom. The summed E-state index contributed by atoms with van der Waals surface area (Å²) in [5.41, 5.74) is 18.0. The van der Waals surface area contributed by atoms with Gasteiger partial charge >= 0.3 is 0 Å². The van der Waals surface area contributed by atoms with Crippen molar-refractivity contribution in [2.75, 3.05) is 0 Å². The fraction of sp³-hybridized carbons (Fsp3) is 0.0577. The summed E-state index contributed by atoms with van der Waals surface area (Å²) >= 11 is 1.76. The highest BCUT2D eigenvalue weighted by Crippen LogP contribution is 2.55. The molecule has 54 heavy (non-hydrogen) atoms. The predicted molar refractivity (Wildman–Crippen MR) is 230 cm³/mol. The monoisotopic (exact) mass is 703 g/mol. The maximum Gasteiger partial charge on any atom is 0.124 e. The lowest BCUT2D eigenvalue weighted by atomic mass is 9.79. The van der Waals surface area contributed by atoms with Gasteiger partial charge in [-0.05, 0) is 123 Å². The molecule has 12 rings (SSSR count). The van der Waals surface area contributed by atoms with Crippen LogP contribution in [-0.4, -0.2) is 4.98 Å². The maximum atomic E-state index is 4.98. The lowest BCUT2D eigenvalue weighted by molar-refractivity contribution is 0.661. The fourth-order valence-corrected chi connectivity index (χ4v) is 10.7. The number of hydrogen-bond acceptors (Lipinski definition) is 2. The third-order valence-corrected chi connectivity index (χ3v) is 13.3. The topological polar surface area (TPSA) is 12.9 Å². The molecule has 0 amide bonds. The molecule has 0 bridgehead atoms. The zero-order valence-corrected chi connectivity index (χ0v) is 30.8. The molecule has 1 nitrogen and oxygen atoms in total. The van der Waals surface area contributed by atoms with Gasteiger partial charge in [-0.25, -0.2) is 4.98 Å². The molecule has 10 aromatic rings. The molecule has 0 atom stereocenters. The molecule has 0 spiro atoms. The summed E-state index contributed by atoms with van der Waals surface area (Å²) in [5, 5.41) is 8.85. The minimum absolute atomic E-state index is 0.119. The van der Waals surface area contributed by atoms with Gasteiger partial charge in [0.1, 0.15) is 5.01 Å². The first-order valence-electron chi connectivity index (χ1n) is 18.8. The van der Waals surface area contributed by atoms with Crippen LogP contribution in [0.5, 0.6) is 0 Å². The third kappa shape index (κ3) is 4.01. The Balaban J connectivity index is 1.17. The number of fused-ring (bicyclic) bond motifs is 9. The first-order chi connectivity index (χ1) is 26.5. The molecular weight excluding hydrogens is 671 g/mol. The van der Waals surface area contributed by atoms with Crippen LogP contribution >= 0.6 is 11.3 Å². The van der Waals surface area contributed by atoms with E-state index in [0.717, 1.165) is 16.1 Å². The lowest BCUT2D eigenvalue weighted by Gasteiger charge is -2.24. The second-order valence-electron chi connectivity index (χ2n) is 15.4. The summed E-state index contributed by atoms with van der Waals surface area (Å²) in [5.74, 6) is 0. The van der Waals surface area contributed by atoms with Crippen molar-refractivity contribution in [3.05, 3.63) is 175 Å². The van der Waals surface area contributed by atoms with Gasteiger partial charge in [-0.15, -0.1) is 11.3 Å². The quantitative estimate of drug-likeness (QED) is 0.167. The highest BCUT2D eigenvalue weighted by atomic mass is 32.1. The summed E-state index contributed by atoms with van der Waals surface area (Å²) < 4.78 is 1.22. The molecule has 0 radical (unpaired) electrons. The molecule has 9 aromatic carbocycles. The SMILES string of the molecule is CC1(C)c2ccccc2-c2cc3c(-c4ccc(-c5nc6ccccc6s5)cc4)c4ccccc4c(-c4ccc5c6c(cccc46)-c4ccccc4-5)c3cc21. The standard InChI is InChI=1S/C52H33NS/c1-52(2)44-19-8-7-14-34(44)41-28-42-43(29-45(41)52)50(40-27-26-39-33-13-4-3-12-32(33)35-17-11-18-38(40)49(35)39)37-16-6-5-15-36(37)48(42)30-22-24-31(25-23-30)51-53-46-20-9-10-21-47(46)54-51/h3-29H,1-2H3. The summed E-state index contributed by atoms with van der Waals surface area (Å²) in [7, 11) is 0. The highest BCUT2D eigenvalue weighted by Gasteiger charge is 2.36. The smallest absolute Gasteiger partial charge is 0.124 e. The number of aromatic nitrogens is 1. The van der Waals surface area contributed by atoms with Gasteiger partial charge in [-0.3, -0.25) is 0 Å². The number of rotatable bonds is 3. The van der Waals surface area contributed by atoms with Gasteiger partial charge in [-0.2, -0.15) is 0 Å². The molecule has 0 aliphatic heterocycles. The molecule has 0 unspecified atom stereocenters. The van der Waals surface area contributed by atoms with Crippen LogP contribution in [0.25, 0.3) is 109 Å². The molecule has 0 fully saturated rings. The minimum atomic E-state index is -0.119. The molecule has 252 valence electrons. The van der Waals surface area contributed by atoms with E-state index in [4.69, 9.17) is 4.98 Å². The van der Waals surface area contributed by atoms with E-state index in [1.54, 1.807) is 11.3 Å². The van der Waals surface area contributed by atoms with Crippen molar-refractivity contribution < 1.29 is 0 Å². The van der Waals surface area contributed by atoms with Crippen LogP contribution in [-0.2, 0) is 5.41 Å². The summed E-state index contributed by atoms with van der Waals surface area (Å²) in [6.07, 6.45) is 0. The van der Waals surface area contributed by atoms with Crippen LogP contribution in [0.3, 0.4) is 0 Å². The van der Waals surface area contributed by atoms with Crippen LogP contribution in [0.2, 0.25) is 0 Å². The molecule has 0 N–H and O–H groups in total. The first-order valence-corrected chi connectivity index (χ1v) is 19.6. The number of nitrogens with zero attached hydrogens (tertiary/aromatic N) is 1. The van der Waals surface area contributed by atoms with Gasteiger partial charge in [0, 0.05) is 11.0 Å². The van der Waals surface area contributed by atoms with E-state index in [1.165, 1.54) is 104 Å².